The van der Waals surface area contributed by atoms with E-state index in [2.05, 4.69) is 26.2 Å². The van der Waals surface area contributed by atoms with Gasteiger partial charge in [0.2, 0.25) is 40.1 Å². The smallest absolute Gasteiger partial charge is 0.264 e. The quantitative estimate of drug-likeness (QED) is 0.0606. The average Bonchev–Trinajstić information content (AvgIpc) is 1.77. The second-order valence-corrected chi connectivity index (χ2v) is 40.2. The van der Waals surface area contributed by atoms with E-state index in [4.69, 9.17) is 37.9 Å². The van der Waals surface area contributed by atoms with Crippen molar-refractivity contribution in [1.82, 2.24) is 43.4 Å². The van der Waals surface area contributed by atoms with E-state index >= 15 is 0 Å². The fourth-order valence-corrected chi connectivity index (χ4v) is 26.3. The fraction of sp³-hybridized carbons (Fsp3) is 0.550. The first-order valence-corrected chi connectivity index (χ1v) is 47.0. The number of para-hydroxylation sites is 1. The normalized spacial score (nSPS) is 28.1. The summed E-state index contributed by atoms with van der Waals surface area (Å²) < 4.78 is 183. The molecule has 10 aliphatic heterocycles. The Hall–Kier alpha value is -6.69. The minimum Gasteiger partial charge on any atom is -0.508 e. The van der Waals surface area contributed by atoms with Gasteiger partial charge in [0.25, 0.3) is 10.0 Å². The number of hydrogen-bond donors (Lipinski definition) is 6. The molecule has 0 aromatic heterocycles. The molecule has 0 amide bonds. The van der Waals surface area contributed by atoms with E-state index in [0.29, 0.717) is 132 Å². The number of phenolic OH excluding ortho intramolecular Hbond substituents is 2. The topological polar surface area (TPSA) is 353 Å². The Morgan fingerprint density at radius 2 is 0.870 bits per heavy atom. The number of methoxy groups -OCH3 is 3. The second kappa shape index (κ2) is 35.3. The zero-order valence-electron chi connectivity index (χ0n) is 65.4. The molecular formula is C80H108N10O20S5. The van der Waals surface area contributed by atoms with E-state index in [1.165, 1.54) is 74.3 Å². The summed E-state index contributed by atoms with van der Waals surface area (Å²) >= 11 is 0. The molecule has 6 N–H and O–H groups in total. The van der Waals surface area contributed by atoms with Crippen LogP contribution in [0.3, 0.4) is 0 Å². The highest BCUT2D eigenvalue weighted by molar-refractivity contribution is 7.93. The number of ether oxygens (including phenoxy) is 8. The first kappa shape index (κ1) is 84.8. The molecule has 628 valence electrons. The number of benzene rings is 6. The van der Waals surface area contributed by atoms with Crippen molar-refractivity contribution in [3.05, 3.63) is 151 Å². The number of nitrogens with zero attached hydrogens (tertiary/aromatic N) is 6. The molecular weight excluding hydrogens is 1580 g/mol. The molecule has 5 spiro atoms. The lowest BCUT2D eigenvalue weighted by molar-refractivity contribution is -0.120. The van der Waals surface area contributed by atoms with Gasteiger partial charge in [0, 0.05) is 102 Å². The number of aromatic hydroxyl groups is 2. The molecule has 0 bridgehead atoms. The summed E-state index contributed by atoms with van der Waals surface area (Å²) in [6.07, 6.45) is 12.9. The van der Waals surface area contributed by atoms with Gasteiger partial charge in [0.1, 0.15) is 57.4 Å². The number of hydrogen-bond acceptors (Lipinski definition) is 25. The molecule has 6 aromatic carbocycles. The largest absolute Gasteiger partial charge is 0.508 e. The maximum Gasteiger partial charge on any atom is 0.264 e. The van der Waals surface area contributed by atoms with Gasteiger partial charge in [-0.15, -0.1) is 0 Å². The van der Waals surface area contributed by atoms with Crippen molar-refractivity contribution >= 4 is 55.8 Å². The highest BCUT2D eigenvalue weighted by atomic mass is 32.2. The Bertz CT molecular complexity index is 4880. The summed E-state index contributed by atoms with van der Waals surface area (Å²) in [6.45, 7) is 11.9. The summed E-state index contributed by atoms with van der Waals surface area (Å²) in [5, 5.41) is 32.1. The summed E-state index contributed by atoms with van der Waals surface area (Å²) in [7, 11) is -13.3. The van der Waals surface area contributed by atoms with E-state index in [-0.39, 0.29) is 48.8 Å². The Kier molecular flexibility index (Phi) is 26.0. The molecule has 12 aliphatic rings. The van der Waals surface area contributed by atoms with Gasteiger partial charge in [-0.25, -0.2) is 42.1 Å². The summed E-state index contributed by atoms with van der Waals surface area (Å²) in [5.41, 5.74) is -1.58. The van der Waals surface area contributed by atoms with Crippen LogP contribution in [0.4, 0.5) is 5.69 Å². The van der Waals surface area contributed by atoms with Crippen LogP contribution in [0, 0.1) is 11.8 Å². The lowest BCUT2D eigenvalue weighted by Crippen LogP contribution is -2.64. The number of nitrogens with one attached hydrogen (secondary N) is 4. The predicted octanol–water partition coefficient (Wildman–Crippen LogP) is 6.94. The maximum absolute atomic E-state index is 13.3. The van der Waals surface area contributed by atoms with E-state index in [9.17, 15) is 52.3 Å². The highest BCUT2D eigenvalue weighted by Crippen LogP contribution is 2.48. The van der Waals surface area contributed by atoms with Crippen LogP contribution in [0.1, 0.15) is 95.5 Å². The van der Waals surface area contributed by atoms with Gasteiger partial charge in [0.05, 0.1) is 84.5 Å². The Labute approximate surface area is 676 Å². The monoisotopic (exact) mass is 1690 g/mol. The van der Waals surface area contributed by atoms with Crippen molar-refractivity contribution in [2.75, 3.05) is 150 Å². The molecule has 10 heterocycles. The van der Waals surface area contributed by atoms with Gasteiger partial charge < -0.3 is 58.7 Å². The lowest BCUT2D eigenvalue weighted by Gasteiger charge is -2.51. The van der Waals surface area contributed by atoms with Crippen molar-refractivity contribution in [3.63, 3.8) is 0 Å². The molecule has 7 atom stereocenters. The van der Waals surface area contributed by atoms with Crippen LogP contribution in [0.15, 0.2) is 170 Å². The van der Waals surface area contributed by atoms with Crippen LogP contribution < -0.4 is 39.8 Å². The van der Waals surface area contributed by atoms with E-state index in [0.717, 1.165) is 109 Å². The summed E-state index contributed by atoms with van der Waals surface area (Å²) in [6, 6.07) is 38.5. The van der Waals surface area contributed by atoms with Crippen LogP contribution >= 0.6 is 0 Å². The average molecular weight is 1690 g/mol. The fourth-order valence-electron chi connectivity index (χ4n) is 18.1. The van der Waals surface area contributed by atoms with Crippen LogP contribution in [0.25, 0.3) is 0 Å². The molecule has 30 nitrogen and oxygen atoms in total. The van der Waals surface area contributed by atoms with Crippen molar-refractivity contribution in [1.29, 1.82) is 0 Å². The minimum atomic E-state index is -3.65. The number of piperidine rings is 4. The number of fused-ring (bicyclic) bond motifs is 4. The number of sulfonamides is 5. The number of likely N-dealkylation sites (tertiary alicyclic amines) is 1. The third-order valence-corrected chi connectivity index (χ3v) is 33.6. The standard InChI is InChI=1S/C18H26N2O4S.C18H20N2O4S.C17H24N2O4S.C14H20N2O4S.C13H18N2O4S/c2*1-23-14-6-8-15(9-7-14)25(21,22)20-12-10-18(19-11-13-24-18)16-4-2-3-5-17(16)20;20-15-4-6-16(7-5-15)24(21,22)19-10-11-23-17(19)8-1-9-18(13-17)12-14-2-3-14;1-19-12-3-5-13(6-4-12)21(17,18)16-9-10-20-14(16)7-2-8-15-11-14;16-11-2-4-12(5-3-11)20(17,18)15-8-9-19-13(15)6-1-7-14-10-13/h6-9,16-17,19H,2-5,10-13H2,1H3;2-9,19H,10-13H2,1H3;4-7,14,20H,1-3,8-13H2;3-6,15H,2,7-11H2,1H3;2-5,14,16H,1,6-10H2. The van der Waals surface area contributed by atoms with Crippen molar-refractivity contribution in [2.24, 2.45) is 11.8 Å². The van der Waals surface area contributed by atoms with Gasteiger partial charge in [-0.2, -0.15) is 17.2 Å². The SMILES string of the molecule is COc1ccc(S(=O)(=O)N2CCC3(NCCO3)C3CCCCC32)cc1.COc1ccc(S(=O)(=O)N2CCC3(NCCO3)c3ccccc32)cc1.COc1ccc(S(=O)(=O)N2CCOC23CCCNC3)cc1.O=S(=O)(c1ccc(O)cc1)N1CCOC12CCCN(CC1CC1)C2.O=S(=O)(c1ccc(O)cc1)N1CCOC12CCCNC2. The van der Waals surface area contributed by atoms with E-state index in [1.54, 1.807) is 103 Å². The minimum absolute atomic E-state index is 0.0141. The molecule has 6 aromatic rings. The zero-order valence-corrected chi connectivity index (χ0v) is 69.5. The van der Waals surface area contributed by atoms with Gasteiger partial charge in [-0.1, -0.05) is 31.0 Å². The van der Waals surface area contributed by atoms with Crippen molar-refractivity contribution in [2.45, 2.75) is 149 Å². The van der Waals surface area contributed by atoms with Crippen LogP contribution in [-0.2, 0) is 79.5 Å². The maximum atomic E-state index is 13.3. The van der Waals surface area contributed by atoms with Gasteiger partial charge in [-0.3, -0.25) is 19.8 Å². The Morgan fingerprint density at radius 3 is 1.34 bits per heavy atom. The molecule has 11 fully saturated rings. The summed E-state index contributed by atoms with van der Waals surface area (Å²) in [5.74, 6) is 3.05. The van der Waals surface area contributed by atoms with Crippen molar-refractivity contribution < 1.29 is 90.2 Å². The summed E-state index contributed by atoms with van der Waals surface area (Å²) in [4.78, 5) is 3.63. The van der Waals surface area contributed by atoms with Gasteiger partial charge in [0.15, 0.2) is 0 Å². The van der Waals surface area contributed by atoms with Crippen LogP contribution in [0.5, 0.6) is 28.7 Å². The third kappa shape index (κ3) is 17.7. The Morgan fingerprint density at radius 1 is 0.417 bits per heavy atom. The predicted molar refractivity (Wildman–Crippen MR) is 428 cm³/mol. The second-order valence-electron chi connectivity index (χ2n) is 30.9. The van der Waals surface area contributed by atoms with E-state index < -0.39 is 73.0 Å². The molecule has 35 heteroatoms. The molecule has 18 rings (SSSR count). The molecule has 115 heavy (non-hydrogen) atoms. The van der Waals surface area contributed by atoms with Crippen LogP contribution in [-0.4, -0.2) is 249 Å². The van der Waals surface area contributed by atoms with Crippen LogP contribution in [0.2, 0.25) is 0 Å². The first-order valence-electron chi connectivity index (χ1n) is 39.8. The highest BCUT2D eigenvalue weighted by Gasteiger charge is 2.57. The molecule has 2 saturated carbocycles. The van der Waals surface area contributed by atoms with Gasteiger partial charge >= 0.3 is 0 Å². The van der Waals surface area contributed by atoms with E-state index in [1.807, 2.05) is 24.3 Å². The number of phenols is 2. The number of rotatable bonds is 15. The number of anilines is 1. The Balaban J connectivity index is 0.000000119. The lowest BCUT2D eigenvalue weighted by atomic mass is 9.74. The molecule has 9 saturated heterocycles. The molecule has 7 unspecified atom stereocenters. The zero-order chi connectivity index (χ0) is 80.9. The molecule has 2 aliphatic carbocycles. The first-order chi connectivity index (χ1) is 55.3. The van der Waals surface area contributed by atoms with Gasteiger partial charge in [-0.05, 0) is 217 Å². The third-order valence-electron chi connectivity index (χ3n) is 24.0. The van der Waals surface area contributed by atoms with Crippen molar-refractivity contribution in [3.8, 4) is 28.7 Å². The molecule has 0 radical (unpaired) electrons.